The molecule has 0 saturated heterocycles. The fraction of sp³-hybridized carbons (Fsp3) is 0.909. The summed E-state index contributed by atoms with van der Waals surface area (Å²) < 4.78 is 0. The molecule has 3 heteroatoms. The first kappa shape index (κ1) is 11.5. The molecule has 0 spiro atoms. The quantitative estimate of drug-likeness (QED) is 0.738. The van der Waals surface area contributed by atoms with Gasteiger partial charge in [0, 0.05) is 20.5 Å². The van der Waals surface area contributed by atoms with E-state index in [0.29, 0.717) is 5.92 Å². The third kappa shape index (κ3) is 3.29. The van der Waals surface area contributed by atoms with Crippen molar-refractivity contribution in [3.05, 3.63) is 0 Å². The van der Waals surface area contributed by atoms with Crippen LogP contribution in [0.25, 0.3) is 0 Å². The average Bonchev–Trinajstić information content (AvgIpc) is 2.53. The molecule has 2 unspecified atom stereocenters. The van der Waals surface area contributed by atoms with Crippen LogP contribution in [0.1, 0.15) is 32.6 Å². The lowest BCUT2D eigenvalue weighted by atomic mass is 10.0. The molecule has 1 fully saturated rings. The van der Waals surface area contributed by atoms with Gasteiger partial charge in [-0.15, -0.1) is 0 Å². The zero-order chi connectivity index (χ0) is 10.6. The molecule has 1 amide bonds. The van der Waals surface area contributed by atoms with Crippen LogP contribution in [-0.4, -0.2) is 30.9 Å². The van der Waals surface area contributed by atoms with Crippen LogP contribution in [-0.2, 0) is 4.79 Å². The van der Waals surface area contributed by atoms with E-state index in [4.69, 9.17) is 5.73 Å². The number of amides is 1. The van der Waals surface area contributed by atoms with Crippen LogP contribution in [0.3, 0.4) is 0 Å². The van der Waals surface area contributed by atoms with Gasteiger partial charge in [-0.1, -0.05) is 6.42 Å². The summed E-state index contributed by atoms with van der Waals surface area (Å²) in [5.74, 6) is 1.69. The maximum atomic E-state index is 11.0. The molecule has 0 aromatic carbocycles. The smallest absolute Gasteiger partial charge is 0.219 e. The SMILES string of the molecule is CC(=O)N(C)CC1CCC(CCN)C1. The van der Waals surface area contributed by atoms with Crippen molar-refractivity contribution in [2.75, 3.05) is 20.1 Å². The van der Waals surface area contributed by atoms with Gasteiger partial charge in [0.1, 0.15) is 0 Å². The Morgan fingerprint density at radius 2 is 2.07 bits per heavy atom. The topological polar surface area (TPSA) is 46.3 Å². The van der Waals surface area contributed by atoms with Crippen LogP contribution < -0.4 is 5.73 Å². The van der Waals surface area contributed by atoms with Crippen LogP contribution in [0.2, 0.25) is 0 Å². The largest absolute Gasteiger partial charge is 0.346 e. The van der Waals surface area contributed by atoms with E-state index < -0.39 is 0 Å². The molecular weight excluding hydrogens is 176 g/mol. The van der Waals surface area contributed by atoms with Crippen molar-refractivity contribution in [1.29, 1.82) is 0 Å². The van der Waals surface area contributed by atoms with Gasteiger partial charge in [0.15, 0.2) is 0 Å². The molecular formula is C11H22N2O. The molecule has 1 rings (SSSR count). The van der Waals surface area contributed by atoms with Crippen LogP contribution in [0.5, 0.6) is 0 Å². The molecule has 2 N–H and O–H groups in total. The first-order valence-electron chi connectivity index (χ1n) is 5.55. The summed E-state index contributed by atoms with van der Waals surface area (Å²) in [6.07, 6.45) is 4.98. The lowest BCUT2D eigenvalue weighted by molar-refractivity contribution is -0.128. The minimum Gasteiger partial charge on any atom is -0.346 e. The molecule has 0 heterocycles. The minimum atomic E-state index is 0.173. The highest BCUT2D eigenvalue weighted by Gasteiger charge is 2.25. The van der Waals surface area contributed by atoms with Crippen molar-refractivity contribution in [1.82, 2.24) is 4.90 Å². The first-order valence-corrected chi connectivity index (χ1v) is 5.55. The normalized spacial score (nSPS) is 26.5. The van der Waals surface area contributed by atoms with Crippen LogP contribution in [0, 0.1) is 11.8 Å². The summed E-state index contributed by atoms with van der Waals surface area (Å²) in [5, 5.41) is 0. The van der Waals surface area contributed by atoms with Gasteiger partial charge in [-0.25, -0.2) is 0 Å². The van der Waals surface area contributed by atoms with Crippen LogP contribution in [0.15, 0.2) is 0 Å². The van der Waals surface area contributed by atoms with Crippen molar-refractivity contribution in [3.63, 3.8) is 0 Å². The third-order valence-corrected chi connectivity index (χ3v) is 3.29. The Bertz CT molecular complexity index is 194. The highest BCUT2D eigenvalue weighted by atomic mass is 16.2. The summed E-state index contributed by atoms with van der Waals surface area (Å²) >= 11 is 0. The van der Waals surface area contributed by atoms with Gasteiger partial charge in [0.05, 0.1) is 0 Å². The van der Waals surface area contributed by atoms with E-state index >= 15 is 0 Å². The molecule has 0 radical (unpaired) electrons. The van der Waals surface area contributed by atoms with Crippen molar-refractivity contribution in [2.24, 2.45) is 17.6 Å². The molecule has 82 valence electrons. The van der Waals surface area contributed by atoms with Crippen molar-refractivity contribution in [2.45, 2.75) is 32.6 Å². The van der Waals surface area contributed by atoms with Gasteiger partial charge < -0.3 is 10.6 Å². The number of nitrogens with two attached hydrogens (primary N) is 1. The number of hydrogen-bond donors (Lipinski definition) is 1. The Kier molecular flexibility index (Phi) is 4.39. The molecule has 1 aliphatic carbocycles. The number of carbonyl (C=O) groups excluding carboxylic acids is 1. The minimum absolute atomic E-state index is 0.173. The maximum Gasteiger partial charge on any atom is 0.219 e. The Morgan fingerprint density at radius 3 is 2.64 bits per heavy atom. The van der Waals surface area contributed by atoms with Crippen molar-refractivity contribution >= 4 is 5.91 Å². The second-order valence-electron chi connectivity index (χ2n) is 4.52. The molecule has 14 heavy (non-hydrogen) atoms. The predicted octanol–water partition coefficient (Wildman–Crippen LogP) is 1.23. The van der Waals surface area contributed by atoms with E-state index in [0.717, 1.165) is 25.4 Å². The fourth-order valence-electron chi connectivity index (χ4n) is 2.36. The first-order chi connectivity index (χ1) is 6.63. The Morgan fingerprint density at radius 1 is 1.43 bits per heavy atom. The highest BCUT2D eigenvalue weighted by molar-refractivity contribution is 5.72. The molecule has 0 bridgehead atoms. The number of nitrogens with zero attached hydrogens (tertiary/aromatic N) is 1. The monoisotopic (exact) mass is 198 g/mol. The average molecular weight is 198 g/mol. The number of rotatable bonds is 4. The van der Waals surface area contributed by atoms with Crippen LogP contribution >= 0.6 is 0 Å². The van der Waals surface area contributed by atoms with Gasteiger partial charge >= 0.3 is 0 Å². The molecule has 0 aromatic heterocycles. The van der Waals surface area contributed by atoms with Gasteiger partial charge in [-0.2, -0.15) is 0 Å². The maximum absolute atomic E-state index is 11.0. The summed E-state index contributed by atoms with van der Waals surface area (Å²) in [4.78, 5) is 12.9. The molecule has 1 saturated carbocycles. The van der Waals surface area contributed by atoms with Crippen molar-refractivity contribution < 1.29 is 4.79 Å². The van der Waals surface area contributed by atoms with Gasteiger partial charge in [-0.3, -0.25) is 4.79 Å². The highest BCUT2D eigenvalue weighted by Crippen LogP contribution is 2.32. The summed E-state index contributed by atoms with van der Waals surface area (Å²) in [6.45, 7) is 3.36. The zero-order valence-corrected chi connectivity index (χ0v) is 9.33. The van der Waals surface area contributed by atoms with E-state index in [1.54, 1.807) is 6.92 Å². The second-order valence-corrected chi connectivity index (χ2v) is 4.52. The van der Waals surface area contributed by atoms with Gasteiger partial charge in [0.2, 0.25) is 5.91 Å². The standard InChI is InChI=1S/C11H22N2O/c1-9(14)13(2)8-11-4-3-10(7-11)5-6-12/h10-11H,3-8,12H2,1-2H3. The van der Waals surface area contributed by atoms with Crippen LogP contribution in [0.4, 0.5) is 0 Å². The summed E-state index contributed by atoms with van der Waals surface area (Å²) in [5.41, 5.74) is 5.54. The molecule has 2 atom stereocenters. The third-order valence-electron chi connectivity index (χ3n) is 3.29. The molecule has 1 aliphatic rings. The number of carbonyl (C=O) groups is 1. The second kappa shape index (κ2) is 5.35. The molecule has 0 aliphatic heterocycles. The Balaban J connectivity index is 2.25. The van der Waals surface area contributed by atoms with E-state index in [1.807, 2.05) is 11.9 Å². The number of hydrogen-bond acceptors (Lipinski definition) is 2. The lowest BCUT2D eigenvalue weighted by Gasteiger charge is -2.19. The fourth-order valence-corrected chi connectivity index (χ4v) is 2.36. The molecule has 3 nitrogen and oxygen atoms in total. The van der Waals surface area contributed by atoms with E-state index in [9.17, 15) is 4.79 Å². The lowest BCUT2D eigenvalue weighted by Crippen LogP contribution is -2.29. The zero-order valence-electron chi connectivity index (χ0n) is 9.33. The van der Waals surface area contributed by atoms with Gasteiger partial charge in [-0.05, 0) is 37.6 Å². The van der Waals surface area contributed by atoms with E-state index in [-0.39, 0.29) is 5.91 Å². The Hall–Kier alpha value is -0.570. The van der Waals surface area contributed by atoms with Crippen molar-refractivity contribution in [3.8, 4) is 0 Å². The predicted molar refractivity (Wildman–Crippen MR) is 57.8 cm³/mol. The Labute approximate surface area is 86.6 Å². The van der Waals surface area contributed by atoms with E-state index in [2.05, 4.69) is 0 Å². The summed E-state index contributed by atoms with van der Waals surface area (Å²) in [6, 6.07) is 0. The summed E-state index contributed by atoms with van der Waals surface area (Å²) in [7, 11) is 1.89. The van der Waals surface area contributed by atoms with Gasteiger partial charge in [0.25, 0.3) is 0 Å². The molecule has 0 aromatic rings. The van der Waals surface area contributed by atoms with E-state index in [1.165, 1.54) is 19.3 Å².